The average Bonchev–Trinajstić information content (AvgIpc) is 2.69. The van der Waals surface area contributed by atoms with Gasteiger partial charge >= 0.3 is 0 Å². The predicted molar refractivity (Wildman–Crippen MR) is 114 cm³/mol. The van der Waals surface area contributed by atoms with Crippen LogP contribution in [0.15, 0.2) is 35.3 Å². The molecule has 0 spiro atoms. The molecule has 5 nitrogen and oxygen atoms in total. The van der Waals surface area contributed by atoms with Crippen LogP contribution in [0.2, 0.25) is 0 Å². The average molecular weight is 372 g/mol. The van der Waals surface area contributed by atoms with Gasteiger partial charge in [0.15, 0.2) is 5.96 Å². The third-order valence-electron chi connectivity index (χ3n) is 5.86. The van der Waals surface area contributed by atoms with E-state index in [0.717, 1.165) is 44.6 Å². The van der Waals surface area contributed by atoms with Gasteiger partial charge in [0.25, 0.3) is 0 Å². The second-order valence-corrected chi connectivity index (χ2v) is 8.23. The molecule has 2 aliphatic rings. The molecule has 0 aromatic heterocycles. The summed E-state index contributed by atoms with van der Waals surface area (Å²) in [6, 6.07) is 11.3. The van der Waals surface area contributed by atoms with Crippen molar-refractivity contribution in [2.24, 2.45) is 10.9 Å². The van der Waals surface area contributed by atoms with Gasteiger partial charge < -0.3 is 15.5 Å². The van der Waals surface area contributed by atoms with Crippen LogP contribution < -0.4 is 10.6 Å². The van der Waals surface area contributed by atoms with Crippen molar-refractivity contribution >= 4 is 5.96 Å². The first-order valence-electron chi connectivity index (χ1n) is 10.7. The molecule has 27 heavy (non-hydrogen) atoms. The zero-order valence-electron chi connectivity index (χ0n) is 17.2. The maximum absolute atomic E-state index is 4.43. The molecule has 5 heteroatoms. The van der Waals surface area contributed by atoms with E-state index in [1.807, 2.05) is 7.05 Å². The summed E-state index contributed by atoms with van der Waals surface area (Å²) in [6.07, 6.45) is 5.08. The van der Waals surface area contributed by atoms with E-state index >= 15 is 0 Å². The Bertz CT molecular complexity index is 565. The van der Waals surface area contributed by atoms with Crippen LogP contribution in [0.1, 0.15) is 38.2 Å². The number of benzene rings is 1. The molecule has 2 N–H and O–H groups in total. The minimum Gasteiger partial charge on any atom is -0.355 e. The Morgan fingerprint density at radius 3 is 2.56 bits per heavy atom. The van der Waals surface area contributed by atoms with Crippen LogP contribution >= 0.6 is 0 Å². The van der Waals surface area contributed by atoms with Gasteiger partial charge in [0, 0.05) is 52.4 Å². The van der Waals surface area contributed by atoms with Crippen molar-refractivity contribution in [1.82, 2.24) is 20.4 Å². The van der Waals surface area contributed by atoms with Crippen LogP contribution in [0.4, 0.5) is 0 Å². The largest absolute Gasteiger partial charge is 0.355 e. The number of nitrogens with one attached hydrogen (secondary N) is 2. The van der Waals surface area contributed by atoms with Gasteiger partial charge in [0.2, 0.25) is 0 Å². The van der Waals surface area contributed by atoms with Gasteiger partial charge in [0.1, 0.15) is 0 Å². The van der Waals surface area contributed by atoms with Crippen LogP contribution in [0.5, 0.6) is 0 Å². The monoisotopic (exact) mass is 371 g/mol. The highest BCUT2D eigenvalue weighted by Gasteiger charge is 2.20. The summed E-state index contributed by atoms with van der Waals surface area (Å²) in [5, 5.41) is 7.14. The molecule has 0 amide bonds. The summed E-state index contributed by atoms with van der Waals surface area (Å²) in [4.78, 5) is 9.57. The molecule has 0 bridgehead atoms. The Hall–Kier alpha value is -1.59. The predicted octanol–water partition coefficient (Wildman–Crippen LogP) is 2.55. The van der Waals surface area contributed by atoms with Crippen molar-refractivity contribution in [2.45, 2.75) is 45.2 Å². The zero-order chi connectivity index (χ0) is 18.9. The minimum absolute atomic E-state index is 0.526. The second-order valence-electron chi connectivity index (χ2n) is 8.23. The number of aliphatic imine (C=N–C) groups is 1. The molecular weight excluding hydrogens is 334 g/mol. The molecule has 1 unspecified atom stereocenters. The normalized spacial score (nSPS) is 23.3. The van der Waals surface area contributed by atoms with Crippen LogP contribution in [0.25, 0.3) is 0 Å². The van der Waals surface area contributed by atoms with E-state index in [1.165, 1.54) is 44.3 Å². The topological polar surface area (TPSA) is 42.9 Å². The number of likely N-dealkylation sites (tertiary alicyclic amines) is 2. The van der Waals surface area contributed by atoms with Crippen LogP contribution in [-0.4, -0.2) is 68.1 Å². The van der Waals surface area contributed by atoms with E-state index in [0.29, 0.717) is 6.04 Å². The lowest BCUT2D eigenvalue weighted by molar-refractivity contribution is 0.186. The van der Waals surface area contributed by atoms with E-state index in [1.54, 1.807) is 0 Å². The number of guanidine groups is 1. The fourth-order valence-corrected chi connectivity index (χ4v) is 4.29. The number of hydrogen-bond acceptors (Lipinski definition) is 3. The molecule has 2 heterocycles. The van der Waals surface area contributed by atoms with E-state index in [9.17, 15) is 0 Å². The standard InChI is InChI=1S/C22H37N5/c1-19-7-6-13-26(17-19)16-12-24-22(23-2)25-21-10-14-27(15-11-21)18-20-8-4-3-5-9-20/h3-5,8-9,19,21H,6-7,10-18H2,1-2H3,(H2,23,24,25). The number of nitrogens with zero attached hydrogens (tertiary/aromatic N) is 3. The lowest BCUT2D eigenvalue weighted by Crippen LogP contribution is -2.50. The quantitative estimate of drug-likeness (QED) is 0.596. The highest BCUT2D eigenvalue weighted by Crippen LogP contribution is 2.15. The van der Waals surface area contributed by atoms with Gasteiger partial charge in [-0.15, -0.1) is 0 Å². The van der Waals surface area contributed by atoms with E-state index < -0.39 is 0 Å². The molecule has 0 radical (unpaired) electrons. The molecule has 0 aliphatic carbocycles. The summed E-state index contributed by atoms with van der Waals surface area (Å²) < 4.78 is 0. The van der Waals surface area contributed by atoms with Gasteiger partial charge in [-0.2, -0.15) is 0 Å². The summed E-state index contributed by atoms with van der Waals surface area (Å²) in [5.41, 5.74) is 1.41. The highest BCUT2D eigenvalue weighted by molar-refractivity contribution is 5.79. The van der Waals surface area contributed by atoms with Crippen molar-refractivity contribution in [3.63, 3.8) is 0 Å². The van der Waals surface area contributed by atoms with Crippen LogP contribution in [-0.2, 0) is 6.54 Å². The number of piperidine rings is 2. The fourth-order valence-electron chi connectivity index (χ4n) is 4.29. The zero-order valence-corrected chi connectivity index (χ0v) is 17.2. The molecular formula is C22H37N5. The van der Waals surface area contributed by atoms with Gasteiger partial charge in [-0.05, 0) is 43.7 Å². The molecule has 150 valence electrons. The van der Waals surface area contributed by atoms with Gasteiger partial charge in [-0.3, -0.25) is 9.89 Å². The Morgan fingerprint density at radius 2 is 1.85 bits per heavy atom. The summed E-state index contributed by atoms with van der Waals surface area (Å²) in [6.45, 7) is 10.3. The Balaban J connectivity index is 1.33. The van der Waals surface area contributed by atoms with Crippen molar-refractivity contribution < 1.29 is 0 Å². The molecule has 2 aliphatic heterocycles. The molecule has 2 saturated heterocycles. The summed E-state index contributed by atoms with van der Waals surface area (Å²) in [5.74, 6) is 1.80. The number of hydrogen-bond donors (Lipinski definition) is 2. The minimum atomic E-state index is 0.526. The highest BCUT2D eigenvalue weighted by atomic mass is 15.2. The van der Waals surface area contributed by atoms with Crippen molar-refractivity contribution in [3.05, 3.63) is 35.9 Å². The Kier molecular flexibility index (Phi) is 7.96. The first kappa shape index (κ1) is 20.2. The summed E-state index contributed by atoms with van der Waals surface area (Å²) in [7, 11) is 1.88. The molecule has 1 atom stereocenters. The maximum atomic E-state index is 4.43. The van der Waals surface area contributed by atoms with E-state index in [2.05, 4.69) is 62.7 Å². The molecule has 3 rings (SSSR count). The Morgan fingerprint density at radius 1 is 1.07 bits per heavy atom. The first-order chi connectivity index (χ1) is 13.2. The lowest BCUT2D eigenvalue weighted by atomic mass is 10.0. The van der Waals surface area contributed by atoms with E-state index in [4.69, 9.17) is 0 Å². The van der Waals surface area contributed by atoms with Crippen molar-refractivity contribution in [1.29, 1.82) is 0 Å². The van der Waals surface area contributed by atoms with Gasteiger partial charge in [-0.25, -0.2) is 0 Å². The lowest BCUT2D eigenvalue weighted by Gasteiger charge is -2.33. The SMILES string of the molecule is CN=C(NCCN1CCCC(C)C1)NC1CCN(Cc2ccccc2)CC1. The van der Waals surface area contributed by atoms with Crippen molar-refractivity contribution in [2.75, 3.05) is 46.3 Å². The molecule has 1 aromatic carbocycles. The molecule has 1 aromatic rings. The second kappa shape index (κ2) is 10.7. The van der Waals surface area contributed by atoms with Crippen LogP contribution in [0, 0.1) is 5.92 Å². The molecule has 0 saturated carbocycles. The first-order valence-corrected chi connectivity index (χ1v) is 10.7. The third kappa shape index (κ3) is 6.82. The fraction of sp³-hybridized carbons (Fsp3) is 0.682. The smallest absolute Gasteiger partial charge is 0.191 e. The third-order valence-corrected chi connectivity index (χ3v) is 5.86. The van der Waals surface area contributed by atoms with Gasteiger partial charge in [0.05, 0.1) is 0 Å². The maximum Gasteiger partial charge on any atom is 0.191 e. The van der Waals surface area contributed by atoms with Crippen molar-refractivity contribution in [3.8, 4) is 0 Å². The van der Waals surface area contributed by atoms with Gasteiger partial charge in [-0.1, -0.05) is 37.3 Å². The Labute approximate surface area is 165 Å². The summed E-state index contributed by atoms with van der Waals surface area (Å²) >= 11 is 0. The number of rotatable bonds is 6. The molecule has 2 fully saturated rings. The van der Waals surface area contributed by atoms with Crippen LogP contribution in [0.3, 0.4) is 0 Å². The van der Waals surface area contributed by atoms with E-state index in [-0.39, 0.29) is 0 Å².